The van der Waals surface area contributed by atoms with Crippen LogP contribution in [0.3, 0.4) is 0 Å². The highest BCUT2D eigenvalue weighted by Gasteiger charge is 2.07. The van der Waals surface area contributed by atoms with Crippen molar-refractivity contribution in [3.05, 3.63) is 28.2 Å². The Morgan fingerprint density at radius 2 is 1.94 bits per heavy atom. The van der Waals surface area contributed by atoms with Gasteiger partial charge in [0.05, 0.1) is 12.1 Å². The number of benzene rings is 1. The van der Waals surface area contributed by atoms with E-state index in [4.69, 9.17) is 10.5 Å². The van der Waals surface area contributed by atoms with Gasteiger partial charge in [-0.2, -0.15) is 10.5 Å². The number of carbonyl (C=O) groups excluding carboxylic acids is 1. The second-order valence-corrected chi connectivity index (χ2v) is 3.85. The number of halogens is 1. The molecule has 80 valence electrons. The van der Waals surface area contributed by atoms with Crippen LogP contribution in [0.5, 0.6) is 0 Å². The van der Waals surface area contributed by atoms with Gasteiger partial charge in [0.2, 0.25) is 0 Å². The second-order valence-electron chi connectivity index (χ2n) is 3.00. The molecule has 0 aliphatic carbocycles. The van der Waals surface area contributed by atoms with Crippen molar-refractivity contribution in [2.75, 3.05) is 18.0 Å². The molecule has 0 saturated carbocycles. The number of hydrogen-bond acceptors (Lipinski definition) is 4. The standard InChI is InChI=1S/C11H8BrN3O/c12-11-7-10(2-1-9(11)8-16)15(5-3-13)6-4-14/h1-2,7-8H,5-6H2. The molecule has 0 bridgehead atoms. The first-order chi connectivity index (χ1) is 7.72. The molecule has 0 fully saturated rings. The van der Waals surface area contributed by atoms with E-state index in [2.05, 4.69) is 15.9 Å². The van der Waals surface area contributed by atoms with Gasteiger partial charge in [-0.05, 0) is 34.1 Å². The fourth-order valence-electron chi connectivity index (χ4n) is 1.22. The monoisotopic (exact) mass is 277 g/mol. The number of nitriles is 2. The zero-order valence-corrected chi connectivity index (χ0v) is 9.94. The molecule has 0 atom stereocenters. The van der Waals surface area contributed by atoms with Crippen molar-refractivity contribution < 1.29 is 4.79 Å². The van der Waals surface area contributed by atoms with E-state index < -0.39 is 0 Å². The number of carbonyl (C=O) groups is 1. The highest BCUT2D eigenvalue weighted by molar-refractivity contribution is 9.10. The van der Waals surface area contributed by atoms with E-state index in [0.717, 1.165) is 12.0 Å². The van der Waals surface area contributed by atoms with Gasteiger partial charge in [-0.25, -0.2) is 0 Å². The van der Waals surface area contributed by atoms with Gasteiger partial charge in [-0.15, -0.1) is 0 Å². The SMILES string of the molecule is N#CCN(CC#N)c1ccc(C=O)c(Br)c1. The summed E-state index contributed by atoms with van der Waals surface area (Å²) in [5.74, 6) is 0. The number of rotatable bonds is 4. The van der Waals surface area contributed by atoms with Crippen molar-refractivity contribution in [3.8, 4) is 12.1 Å². The molecule has 4 nitrogen and oxygen atoms in total. The first-order valence-corrected chi connectivity index (χ1v) is 5.25. The average molecular weight is 278 g/mol. The van der Waals surface area contributed by atoms with E-state index in [-0.39, 0.29) is 13.1 Å². The summed E-state index contributed by atoms with van der Waals surface area (Å²) < 4.78 is 0.654. The molecule has 0 N–H and O–H groups in total. The van der Waals surface area contributed by atoms with Crippen LogP contribution < -0.4 is 4.90 Å². The fraction of sp³-hybridized carbons (Fsp3) is 0.182. The Bertz CT molecular complexity index is 457. The molecule has 16 heavy (non-hydrogen) atoms. The smallest absolute Gasteiger partial charge is 0.151 e. The largest absolute Gasteiger partial charge is 0.345 e. The summed E-state index contributed by atoms with van der Waals surface area (Å²) in [6.45, 7) is 0.279. The summed E-state index contributed by atoms with van der Waals surface area (Å²) in [4.78, 5) is 12.2. The van der Waals surface area contributed by atoms with Gasteiger partial charge in [0.15, 0.2) is 6.29 Å². The molecule has 1 aromatic rings. The van der Waals surface area contributed by atoms with E-state index in [1.807, 2.05) is 12.1 Å². The predicted molar refractivity (Wildman–Crippen MR) is 63.0 cm³/mol. The summed E-state index contributed by atoms with van der Waals surface area (Å²) in [7, 11) is 0. The molecule has 0 spiro atoms. The molecule has 0 saturated heterocycles. The summed E-state index contributed by atoms with van der Waals surface area (Å²) in [6, 6.07) is 9.06. The van der Waals surface area contributed by atoms with Crippen molar-refractivity contribution in [1.29, 1.82) is 10.5 Å². The predicted octanol–water partition coefficient (Wildman–Crippen LogP) is 2.12. The Morgan fingerprint density at radius 3 is 2.38 bits per heavy atom. The molecule has 1 rings (SSSR count). The molecule has 1 aromatic carbocycles. The van der Waals surface area contributed by atoms with Gasteiger partial charge in [0, 0.05) is 15.7 Å². The Labute approximate surface area is 102 Å². The number of hydrogen-bond donors (Lipinski definition) is 0. The molecule has 0 aromatic heterocycles. The van der Waals surface area contributed by atoms with E-state index in [1.165, 1.54) is 0 Å². The summed E-state index contributed by atoms with van der Waals surface area (Å²) >= 11 is 3.25. The maximum absolute atomic E-state index is 10.6. The van der Waals surface area contributed by atoms with Crippen LogP contribution in [0.25, 0.3) is 0 Å². The lowest BCUT2D eigenvalue weighted by molar-refractivity contribution is 0.112. The lowest BCUT2D eigenvalue weighted by atomic mass is 10.2. The van der Waals surface area contributed by atoms with Gasteiger partial charge in [-0.3, -0.25) is 4.79 Å². The van der Waals surface area contributed by atoms with E-state index in [1.54, 1.807) is 23.1 Å². The zero-order chi connectivity index (χ0) is 12.0. The summed E-state index contributed by atoms with van der Waals surface area (Å²) in [5, 5.41) is 17.3. The average Bonchev–Trinajstić information content (AvgIpc) is 2.28. The highest BCUT2D eigenvalue weighted by Crippen LogP contribution is 2.22. The molecule has 0 heterocycles. The minimum absolute atomic E-state index is 0.139. The fourth-order valence-corrected chi connectivity index (χ4v) is 1.68. The van der Waals surface area contributed by atoms with Crippen molar-refractivity contribution in [2.24, 2.45) is 0 Å². The number of nitrogens with zero attached hydrogens (tertiary/aromatic N) is 3. The van der Waals surface area contributed by atoms with E-state index in [0.29, 0.717) is 10.0 Å². The highest BCUT2D eigenvalue weighted by atomic mass is 79.9. The van der Waals surface area contributed by atoms with Crippen molar-refractivity contribution in [1.82, 2.24) is 0 Å². The van der Waals surface area contributed by atoms with Crippen LogP contribution in [-0.2, 0) is 0 Å². The third-order valence-electron chi connectivity index (χ3n) is 2.00. The van der Waals surface area contributed by atoms with Gasteiger partial charge in [-0.1, -0.05) is 0 Å². The van der Waals surface area contributed by atoms with Crippen LogP contribution in [-0.4, -0.2) is 19.4 Å². The second kappa shape index (κ2) is 5.89. The summed E-state index contributed by atoms with van der Waals surface area (Å²) in [5.41, 5.74) is 1.28. The first kappa shape index (κ1) is 12.2. The third-order valence-corrected chi connectivity index (χ3v) is 2.69. The molecule has 0 aliphatic heterocycles. The maximum Gasteiger partial charge on any atom is 0.151 e. The lowest BCUT2D eigenvalue weighted by Gasteiger charge is -2.18. The zero-order valence-electron chi connectivity index (χ0n) is 8.35. The number of anilines is 1. The minimum Gasteiger partial charge on any atom is -0.345 e. The van der Waals surface area contributed by atoms with E-state index in [9.17, 15) is 4.79 Å². The minimum atomic E-state index is 0.139. The van der Waals surface area contributed by atoms with E-state index >= 15 is 0 Å². The van der Waals surface area contributed by atoms with Gasteiger partial charge in [0.25, 0.3) is 0 Å². The van der Waals surface area contributed by atoms with Crippen molar-refractivity contribution >= 4 is 27.9 Å². The van der Waals surface area contributed by atoms with Crippen molar-refractivity contribution in [3.63, 3.8) is 0 Å². The van der Waals surface area contributed by atoms with Crippen LogP contribution in [0.1, 0.15) is 10.4 Å². The van der Waals surface area contributed by atoms with Crippen LogP contribution >= 0.6 is 15.9 Å². The first-order valence-electron chi connectivity index (χ1n) is 4.46. The van der Waals surface area contributed by atoms with Crippen LogP contribution in [0.4, 0.5) is 5.69 Å². The molecule has 0 radical (unpaired) electrons. The van der Waals surface area contributed by atoms with Gasteiger partial charge >= 0.3 is 0 Å². The van der Waals surface area contributed by atoms with Crippen LogP contribution in [0.15, 0.2) is 22.7 Å². The van der Waals surface area contributed by atoms with Crippen LogP contribution in [0, 0.1) is 22.7 Å². The van der Waals surface area contributed by atoms with Gasteiger partial charge < -0.3 is 4.90 Å². The van der Waals surface area contributed by atoms with Crippen molar-refractivity contribution in [2.45, 2.75) is 0 Å². The Hall–Kier alpha value is -1.85. The topological polar surface area (TPSA) is 67.9 Å². The Morgan fingerprint density at radius 1 is 1.31 bits per heavy atom. The summed E-state index contributed by atoms with van der Waals surface area (Å²) in [6.07, 6.45) is 0.743. The lowest BCUT2D eigenvalue weighted by Crippen LogP contribution is -2.23. The normalized spacial score (nSPS) is 8.94. The molecule has 5 heteroatoms. The Balaban J connectivity index is 3.03. The molecule has 0 aliphatic rings. The third kappa shape index (κ3) is 2.82. The number of aldehydes is 1. The quantitative estimate of drug-likeness (QED) is 0.625. The molecular formula is C11H8BrN3O. The maximum atomic E-state index is 10.6. The molecule has 0 amide bonds. The Kier molecular flexibility index (Phi) is 4.50. The van der Waals surface area contributed by atoms with Crippen LogP contribution in [0.2, 0.25) is 0 Å². The molecular weight excluding hydrogens is 270 g/mol. The van der Waals surface area contributed by atoms with Gasteiger partial charge in [0.1, 0.15) is 13.1 Å². The molecule has 0 unspecified atom stereocenters.